The Bertz CT molecular complexity index is 1420. The van der Waals surface area contributed by atoms with Gasteiger partial charge in [0.1, 0.15) is 16.7 Å². The first-order valence-corrected chi connectivity index (χ1v) is 11.4. The zero-order valence-corrected chi connectivity index (χ0v) is 18.9. The third-order valence-corrected chi connectivity index (χ3v) is 6.55. The average Bonchev–Trinajstić information content (AvgIpc) is 3.20. The largest absolute Gasteiger partial charge is 0.360 e. The Labute approximate surface area is 195 Å². The maximum absolute atomic E-state index is 13.5. The number of nitrogens with one attached hydrogen (secondary N) is 1. The second-order valence-corrected chi connectivity index (χ2v) is 8.79. The fourth-order valence-electron chi connectivity index (χ4n) is 4.75. The van der Waals surface area contributed by atoms with Gasteiger partial charge in [0.15, 0.2) is 0 Å². The van der Waals surface area contributed by atoms with Gasteiger partial charge in [-0.15, -0.1) is 0 Å². The van der Waals surface area contributed by atoms with Gasteiger partial charge in [-0.2, -0.15) is 0 Å². The van der Waals surface area contributed by atoms with Crippen molar-refractivity contribution in [3.63, 3.8) is 0 Å². The number of rotatable bonds is 4. The predicted octanol–water partition coefficient (Wildman–Crippen LogP) is 4.81. The molecule has 0 bridgehead atoms. The van der Waals surface area contributed by atoms with Crippen LogP contribution in [-0.4, -0.2) is 26.7 Å². The molecule has 7 nitrogen and oxygen atoms in total. The Kier molecular flexibility index (Phi) is 5.72. The lowest BCUT2D eigenvalue weighted by atomic mass is 9.90. The number of hydrogen-bond acceptors (Lipinski definition) is 5. The van der Waals surface area contributed by atoms with Crippen LogP contribution in [0.4, 0.5) is 0 Å². The first-order valence-electron chi connectivity index (χ1n) is 11.0. The highest BCUT2D eigenvalue weighted by Crippen LogP contribution is 2.35. The number of carbonyl (C=O) groups excluding carboxylic acids is 1. The third-order valence-electron chi connectivity index (χ3n) is 6.23. The lowest BCUT2D eigenvalue weighted by Crippen LogP contribution is -2.40. The highest BCUT2D eigenvalue weighted by molar-refractivity contribution is 6.37. The Morgan fingerprint density at radius 1 is 1.21 bits per heavy atom. The van der Waals surface area contributed by atoms with Crippen LogP contribution in [0, 0.1) is 6.92 Å². The number of benzene rings is 1. The van der Waals surface area contributed by atoms with Crippen LogP contribution in [0.5, 0.6) is 0 Å². The zero-order chi connectivity index (χ0) is 22.9. The topological polar surface area (TPSA) is 90.0 Å². The van der Waals surface area contributed by atoms with Crippen molar-refractivity contribution in [3.8, 4) is 0 Å². The van der Waals surface area contributed by atoms with Crippen molar-refractivity contribution >= 4 is 45.4 Å². The van der Waals surface area contributed by atoms with Crippen LogP contribution in [0.25, 0.3) is 27.9 Å². The first kappa shape index (κ1) is 21.4. The number of fused-ring (bicyclic) bond motifs is 3. The smallest absolute Gasteiger partial charge is 0.264 e. The molecule has 2 unspecified atom stereocenters. The maximum atomic E-state index is 13.5. The van der Waals surface area contributed by atoms with E-state index in [1.807, 2.05) is 34.9 Å². The summed E-state index contributed by atoms with van der Waals surface area (Å²) in [5.41, 5.74) is 1.82. The molecule has 1 aliphatic carbocycles. The molecule has 1 saturated carbocycles. The van der Waals surface area contributed by atoms with E-state index in [0.29, 0.717) is 28.1 Å². The standard InChI is InChI=1S/C25H23ClN4O3/c1-15-22-24(29-33-15)23-19(26)9-5-10-20(23)30(25(22)32)18-8-4-7-17(14-18)28-21(31)12-11-16-6-2-3-13-27-16/h2-3,5-6,9-13,17-18H,4,7-8,14H2,1H3,(H,28,31). The van der Waals surface area contributed by atoms with Crippen molar-refractivity contribution in [2.45, 2.75) is 44.7 Å². The number of aromatic nitrogens is 3. The molecule has 3 heterocycles. The molecule has 1 fully saturated rings. The second kappa shape index (κ2) is 8.83. The van der Waals surface area contributed by atoms with Gasteiger partial charge in [0, 0.05) is 29.7 Å². The van der Waals surface area contributed by atoms with Crippen molar-refractivity contribution < 1.29 is 9.32 Å². The van der Waals surface area contributed by atoms with E-state index >= 15 is 0 Å². The number of pyridine rings is 2. The van der Waals surface area contributed by atoms with Crippen LogP contribution < -0.4 is 10.9 Å². The Morgan fingerprint density at radius 2 is 2.09 bits per heavy atom. The molecule has 33 heavy (non-hydrogen) atoms. The number of nitrogens with zero attached hydrogens (tertiary/aromatic N) is 3. The predicted molar refractivity (Wildman–Crippen MR) is 128 cm³/mol. The molecule has 1 aliphatic rings. The SMILES string of the molecule is Cc1onc2c1c(=O)n(C1CCCC(NC(=O)C=Cc3ccccn3)C1)c1cccc(Cl)c21. The molecule has 0 saturated heterocycles. The fourth-order valence-corrected chi connectivity index (χ4v) is 5.01. The summed E-state index contributed by atoms with van der Waals surface area (Å²) in [5.74, 6) is 0.308. The molecule has 1 N–H and O–H groups in total. The van der Waals surface area contributed by atoms with Gasteiger partial charge < -0.3 is 14.4 Å². The summed E-state index contributed by atoms with van der Waals surface area (Å²) in [4.78, 5) is 30.2. The Morgan fingerprint density at radius 3 is 2.91 bits per heavy atom. The van der Waals surface area contributed by atoms with E-state index < -0.39 is 0 Å². The van der Waals surface area contributed by atoms with Crippen LogP contribution in [0.15, 0.2) is 58.0 Å². The summed E-state index contributed by atoms with van der Waals surface area (Å²) in [6.07, 6.45) is 8.13. The van der Waals surface area contributed by atoms with Crippen LogP contribution in [0.3, 0.4) is 0 Å². The summed E-state index contributed by atoms with van der Waals surface area (Å²) in [5, 5.41) is 8.90. The highest BCUT2D eigenvalue weighted by Gasteiger charge is 2.28. The van der Waals surface area contributed by atoms with E-state index in [0.717, 1.165) is 35.9 Å². The molecule has 5 rings (SSSR count). The number of amides is 1. The molecular formula is C25H23ClN4O3. The summed E-state index contributed by atoms with van der Waals surface area (Å²) in [7, 11) is 0. The molecule has 2 atom stereocenters. The third kappa shape index (κ3) is 4.04. The molecule has 0 aliphatic heterocycles. The van der Waals surface area contributed by atoms with Gasteiger partial charge in [-0.05, 0) is 62.9 Å². The van der Waals surface area contributed by atoms with E-state index in [1.165, 1.54) is 6.08 Å². The monoisotopic (exact) mass is 462 g/mol. The van der Waals surface area contributed by atoms with E-state index in [4.69, 9.17) is 16.1 Å². The highest BCUT2D eigenvalue weighted by atomic mass is 35.5. The quantitative estimate of drug-likeness (QED) is 0.439. The van der Waals surface area contributed by atoms with E-state index in [2.05, 4.69) is 15.5 Å². The van der Waals surface area contributed by atoms with Gasteiger partial charge in [0.05, 0.1) is 16.2 Å². The summed E-state index contributed by atoms with van der Waals surface area (Å²) >= 11 is 6.52. The molecule has 168 valence electrons. The van der Waals surface area contributed by atoms with E-state index in [1.54, 1.807) is 25.3 Å². The van der Waals surface area contributed by atoms with Crippen molar-refractivity contribution in [3.05, 3.63) is 75.5 Å². The lowest BCUT2D eigenvalue weighted by molar-refractivity contribution is -0.117. The van der Waals surface area contributed by atoms with Gasteiger partial charge >= 0.3 is 0 Å². The van der Waals surface area contributed by atoms with Crippen molar-refractivity contribution in [2.75, 3.05) is 0 Å². The van der Waals surface area contributed by atoms with Crippen molar-refractivity contribution in [2.24, 2.45) is 0 Å². The van der Waals surface area contributed by atoms with E-state index in [-0.39, 0.29) is 23.6 Å². The molecule has 0 spiro atoms. The Balaban J connectivity index is 1.45. The number of aryl methyl sites for hydroxylation is 1. The summed E-state index contributed by atoms with van der Waals surface area (Å²) in [6, 6.07) is 11.0. The zero-order valence-electron chi connectivity index (χ0n) is 18.1. The lowest BCUT2D eigenvalue weighted by Gasteiger charge is -2.31. The first-order chi connectivity index (χ1) is 16.0. The molecule has 0 radical (unpaired) electrons. The number of hydrogen-bond donors (Lipinski definition) is 1. The van der Waals surface area contributed by atoms with Gasteiger partial charge in [-0.1, -0.05) is 28.9 Å². The molecule has 8 heteroatoms. The normalized spacial score (nSPS) is 18.8. The minimum atomic E-state index is -0.170. The maximum Gasteiger partial charge on any atom is 0.264 e. The minimum absolute atomic E-state index is 0.0370. The van der Waals surface area contributed by atoms with Crippen molar-refractivity contribution in [1.82, 2.24) is 20.0 Å². The Hall–Kier alpha value is -3.45. The summed E-state index contributed by atoms with van der Waals surface area (Å²) < 4.78 is 7.16. The molecular weight excluding hydrogens is 440 g/mol. The number of halogens is 1. The van der Waals surface area contributed by atoms with Gasteiger partial charge in [0.2, 0.25) is 5.91 Å². The van der Waals surface area contributed by atoms with Gasteiger partial charge in [0.25, 0.3) is 5.56 Å². The number of carbonyl (C=O) groups is 1. The minimum Gasteiger partial charge on any atom is -0.360 e. The van der Waals surface area contributed by atoms with Crippen LogP contribution in [0.2, 0.25) is 5.02 Å². The van der Waals surface area contributed by atoms with Gasteiger partial charge in [-0.25, -0.2) is 0 Å². The van der Waals surface area contributed by atoms with E-state index in [9.17, 15) is 9.59 Å². The van der Waals surface area contributed by atoms with Crippen LogP contribution >= 0.6 is 11.6 Å². The van der Waals surface area contributed by atoms with Crippen molar-refractivity contribution in [1.29, 1.82) is 0 Å². The fraction of sp³-hybridized carbons (Fsp3) is 0.280. The van der Waals surface area contributed by atoms with Crippen LogP contribution in [-0.2, 0) is 4.79 Å². The molecule has 1 amide bonds. The van der Waals surface area contributed by atoms with Gasteiger partial charge in [-0.3, -0.25) is 14.6 Å². The average molecular weight is 463 g/mol. The molecule has 3 aromatic heterocycles. The molecule has 1 aromatic carbocycles. The molecule has 4 aromatic rings. The van der Waals surface area contributed by atoms with Crippen LogP contribution in [0.1, 0.15) is 43.2 Å². The second-order valence-electron chi connectivity index (χ2n) is 8.39. The summed E-state index contributed by atoms with van der Waals surface area (Å²) in [6.45, 7) is 1.74.